The Hall–Kier alpha value is 0.440. The first kappa shape index (κ1) is 14.5. The van der Waals surface area contributed by atoms with Crippen LogP contribution in [0.25, 0.3) is 0 Å². The number of hydrogen-bond acceptors (Lipinski definition) is 1. The summed E-state index contributed by atoms with van der Waals surface area (Å²) in [5.74, 6) is 0. The molecule has 0 amide bonds. The Morgan fingerprint density at radius 2 is 1.75 bits per heavy atom. The minimum absolute atomic E-state index is 0.163. The van der Waals surface area contributed by atoms with Crippen molar-refractivity contribution in [2.45, 2.75) is 71.3 Å². The molecule has 0 aliphatic heterocycles. The smallest absolute Gasteiger partial charge is 0.0778 e. The lowest BCUT2D eigenvalue weighted by Gasteiger charge is -2.36. The lowest BCUT2D eigenvalue weighted by molar-refractivity contribution is -0.0543. The molecule has 0 aromatic rings. The van der Waals surface area contributed by atoms with Crippen LogP contribution in [0.5, 0.6) is 0 Å². The Morgan fingerprint density at radius 3 is 2.25 bits per heavy atom. The number of ether oxygens (including phenoxy) is 1. The third-order valence-electron chi connectivity index (χ3n) is 3.49. The van der Waals surface area contributed by atoms with E-state index in [4.69, 9.17) is 4.74 Å². The van der Waals surface area contributed by atoms with Crippen LogP contribution in [0.4, 0.5) is 0 Å². The van der Waals surface area contributed by atoms with Crippen molar-refractivity contribution in [3.05, 3.63) is 0 Å². The molecule has 0 aromatic heterocycles. The van der Waals surface area contributed by atoms with Gasteiger partial charge in [0.1, 0.15) is 0 Å². The Labute approximate surface area is 109 Å². The fraction of sp³-hybridized carbons (Fsp3) is 1.00. The molecule has 0 saturated heterocycles. The SMILES string of the molecule is CC(C)(C)CCCOC1(CBr)CCCCC1. The molecule has 1 saturated carbocycles. The number of halogens is 1. The zero-order valence-electron chi connectivity index (χ0n) is 11.2. The second kappa shape index (κ2) is 6.39. The maximum absolute atomic E-state index is 6.17. The first-order valence-electron chi connectivity index (χ1n) is 6.67. The zero-order valence-corrected chi connectivity index (χ0v) is 12.7. The van der Waals surface area contributed by atoms with Crippen molar-refractivity contribution < 1.29 is 4.74 Å². The highest BCUT2D eigenvalue weighted by atomic mass is 79.9. The van der Waals surface area contributed by atoms with Gasteiger partial charge in [-0.15, -0.1) is 0 Å². The van der Waals surface area contributed by atoms with E-state index in [0.717, 1.165) is 11.9 Å². The van der Waals surface area contributed by atoms with Gasteiger partial charge in [0.15, 0.2) is 0 Å². The van der Waals surface area contributed by atoms with E-state index < -0.39 is 0 Å². The van der Waals surface area contributed by atoms with Crippen LogP contribution in [0.15, 0.2) is 0 Å². The van der Waals surface area contributed by atoms with Gasteiger partial charge >= 0.3 is 0 Å². The molecule has 1 aliphatic rings. The molecule has 0 atom stereocenters. The molecular formula is C14H27BrO. The molecule has 0 heterocycles. The molecular weight excluding hydrogens is 264 g/mol. The first-order chi connectivity index (χ1) is 7.47. The standard InChI is InChI=1S/C14H27BrO/c1-13(2,3)8-7-11-16-14(12-15)9-5-4-6-10-14/h4-12H2,1-3H3. The van der Waals surface area contributed by atoms with Crippen molar-refractivity contribution in [2.75, 3.05) is 11.9 Å². The molecule has 1 fully saturated rings. The molecule has 0 N–H and O–H groups in total. The van der Waals surface area contributed by atoms with E-state index in [9.17, 15) is 0 Å². The molecule has 2 heteroatoms. The van der Waals surface area contributed by atoms with E-state index in [1.54, 1.807) is 0 Å². The van der Waals surface area contributed by atoms with Crippen LogP contribution < -0.4 is 0 Å². The van der Waals surface area contributed by atoms with Gasteiger partial charge in [-0.2, -0.15) is 0 Å². The lowest BCUT2D eigenvalue weighted by atomic mass is 9.86. The summed E-state index contributed by atoms with van der Waals surface area (Å²) >= 11 is 3.63. The van der Waals surface area contributed by atoms with Crippen molar-refractivity contribution in [1.29, 1.82) is 0 Å². The predicted molar refractivity (Wildman–Crippen MR) is 74.3 cm³/mol. The van der Waals surface area contributed by atoms with Crippen LogP contribution in [-0.4, -0.2) is 17.5 Å². The van der Waals surface area contributed by atoms with Gasteiger partial charge in [0.2, 0.25) is 0 Å². The van der Waals surface area contributed by atoms with Gasteiger partial charge in [-0.05, 0) is 31.1 Å². The van der Waals surface area contributed by atoms with Crippen LogP contribution in [0.1, 0.15) is 65.7 Å². The van der Waals surface area contributed by atoms with Gasteiger partial charge < -0.3 is 4.74 Å². The van der Waals surface area contributed by atoms with E-state index in [1.807, 2.05) is 0 Å². The van der Waals surface area contributed by atoms with E-state index in [1.165, 1.54) is 44.9 Å². The van der Waals surface area contributed by atoms with Gasteiger partial charge in [0, 0.05) is 11.9 Å². The Kier molecular flexibility index (Phi) is 5.79. The average Bonchev–Trinajstić information content (AvgIpc) is 2.25. The third kappa shape index (κ3) is 5.18. The summed E-state index contributed by atoms with van der Waals surface area (Å²) in [7, 11) is 0. The summed E-state index contributed by atoms with van der Waals surface area (Å²) in [6.45, 7) is 7.83. The normalized spacial score (nSPS) is 21.0. The van der Waals surface area contributed by atoms with Gasteiger partial charge in [-0.3, -0.25) is 0 Å². The van der Waals surface area contributed by atoms with Crippen LogP contribution in [-0.2, 0) is 4.74 Å². The van der Waals surface area contributed by atoms with Crippen LogP contribution in [0.2, 0.25) is 0 Å². The van der Waals surface area contributed by atoms with E-state index in [2.05, 4.69) is 36.7 Å². The molecule has 1 nitrogen and oxygen atoms in total. The van der Waals surface area contributed by atoms with Crippen LogP contribution >= 0.6 is 15.9 Å². The molecule has 0 aromatic carbocycles. The van der Waals surface area contributed by atoms with Gasteiger partial charge in [0.25, 0.3) is 0 Å². The van der Waals surface area contributed by atoms with Gasteiger partial charge in [-0.25, -0.2) is 0 Å². The summed E-state index contributed by atoms with van der Waals surface area (Å²) in [5, 5.41) is 1.01. The average molecular weight is 291 g/mol. The summed E-state index contributed by atoms with van der Waals surface area (Å²) in [6, 6.07) is 0. The molecule has 0 spiro atoms. The quantitative estimate of drug-likeness (QED) is 0.515. The molecule has 16 heavy (non-hydrogen) atoms. The molecule has 1 aliphatic carbocycles. The molecule has 0 radical (unpaired) electrons. The monoisotopic (exact) mass is 290 g/mol. The van der Waals surface area contributed by atoms with Crippen LogP contribution in [0.3, 0.4) is 0 Å². The lowest BCUT2D eigenvalue weighted by Crippen LogP contribution is -2.37. The van der Waals surface area contributed by atoms with Gasteiger partial charge in [0.05, 0.1) is 5.60 Å². The summed E-state index contributed by atoms with van der Waals surface area (Å²) in [4.78, 5) is 0. The minimum Gasteiger partial charge on any atom is -0.374 e. The molecule has 1 rings (SSSR count). The van der Waals surface area contributed by atoms with Crippen molar-refractivity contribution in [1.82, 2.24) is 0 Å². The maximum atomic E-state index is 6.17. The predicted octanol–water partition coefficient (Wildman–Crippen LogP) is 4.93. The number of hydrogen-bond donors (Lipinski definition) is 0. The second-order valence-electron chi connectivity index (χ2n) is 6.39. The van der Waals surface area contributed by atoms with E-state index in [0.29, 0.717) is 5.41 Å². The third-order valence-corrected chi connectivity index (χ3v) is 4.51. The van der Waals surface area contributed by atoms with E-state index >= 15 is 0 Å². The number of alkyl halides is 1. The molecule has 96 valence electrons. The van der Waals surface area contributed by atoms with Crippen molar-refractivity contribution in [3.8, 4) is 0 Å². The van der Waals surface area contributed by atoms with Crippen molar-refractivity contribution in [3.63, 3.8) is 0 Å². The van der Waals surface area contributed by atoms with Crippen molar-refractivity contribution >= 4 is 15.9 Å². The fourth-order valence-corrected chi connectivity index (χ4v) is 3.13. The number of rotatable bonds is 5. The zero-order chi connectivity index (χ0) is 12.1. The van der Waals surface area contributed by atoms with Crippen molar-refractivity contribution in [2.24, 2.45) is 5.41 Å². The first-order valence-corrected chi connectivity index (χ1v) is 7.80. The second-order valence-corrected chi connectivity index (χ2v) is 6.95. The van der Waals surface area contributed by atoms with Gasteiger partial charge in [-0.1, -0.05) is 56.0 Å². The molecule has 0 bridgehead atoms. The minimum atomic E-state index is 0.163. The van der Waals surface area contributed by atoms with E-state index in [-0.39, 0.29) is 5.60 Å². The highest BCUT2D eigenvalue weighted by Gasteiger charge is 2.31. The maximum Gasteiger partial charge on any atom is 0.0778 e. The summed E-state index contributed by atoms with van der Waals surface area (Å²) in [5.41, 5.74) is 0.605. The fourth-order valence-electron chi connectivity index (χ4n) is 2.40. The Bertz CT molecular complexity index is 189. The Balaban J connectivity index is 2.23. The summed E-state index contributed by atoms with van der Waals surface area (Å²) < 4.78 is 6.17. The summed E-state index contributed by atoms with van der Waals surface area (Å²) in [6.07, 6.45) is 9.00. The highest BCUT2D eigenvalue weighted by Crippen LogP contribution is 2.33. The highest BCUT2D eigenvalue weighted by molar-refractivity contribution is 9.09. The molecule has 0 unspecified atom stereocenters. The largest absolute Gasteiger partial charge is 0.374 e. The van der Waals surface area contributed by atoms with Crippen LogP contribution in [0, 0.1) is 5.41 Å². The Morgan fingerprint density at radius 1 is 1.12 bits per heavy atom. The topological polar surface area (TPSA) is 9.23 Å².